The molecule has 7 heteroatoms. The van der Waals surface area contributed by atoms with E-state index in [9.17, 15) is 4.79 Å². The minimum Gasteiger partial charge on any atom is -0.345 e. The normalized spacial score (nSPS) is 15.2. The van der Waals surface area contributed by atoms with Crippen LogP contribution in [0, 0.1) is 0 Å². The van der Waals surface area contributed by atoms with E-state index in [-0.39, 0.29) is 6.03 Å². The fourth-order valence-electron chi connectivity index (χ4n) is 2.80. The Morgan fingerprint density at radius 3 is 2.83 bits per heavy atom. The van der Waals surface area contributed by atoms with Crippen LogP contribution in [-0.2, 0) is 6.42 Å². The summed E-state index contributed by atoms with van der Waals surface area (Å²) in [5, 5.41) is 3.83. The minimum atomic E-state index is 0.0291. The molecule has 2 amide bonds. The first kappa shape index (κ1) is 16.7. The molecule has 0 radical (unpaired) electrons. The van der Waals surface area contributed by atoms with Crippen molar-refractivity contribution in [1.82, 2.24) is 19.6 Å². The molecule has 2 aromatic rings. The number of urea groups is 1. The van der Waals surface area contributed by atoms with E-state index >= 15 is 0 Å². The molecular weight excluding hydrogens is 322 g/mol. The highest BCUT2D eigenvalue weighted by Gasteiger charge is 2.20. The SMILES string of the molecule is CCNC(=O)N1CCCN(c2nc(Cc3ccccc3)ns2)CC1. The summed E-state index contributed by atoms with van der Waals surface area (Å²) < 4.78 is 4.50. The standard InChI is InChI=1S/C17H23N5OS/c1-2-18-16(23)21-9-6-10-22(12-11-21)17-19-15(20-24-17)13-14-7-4-3-5-8-14/h3-5,7-8H,2,6,9-13H2,1H3,(H,18,23). The number of amides is 2. The Morgan fingerprint density at radius 1 is 1.21 bits per heavy atom. The van der Waals surface area contributed by atoms with Crippen molar-refractivity contribution in [2.24, 2.45) is 0 Å². The van der Waals surface area contributed by atoms with Gasteiger partial charge in [0.05, 0.1) is 0 Å². The maximum absolute atomic E-state index is 12.0. The van der Waals surface area contributed by atoms with Crippen molar-refractivity contribution in [1.29, 1.82) is 0 Å². The van der Waals surface area contributed by atoms with Crippen molar-refractivity contribution >= 4 is 22.7 Å². The number of carbonyl (C=O) groups is 1. The number of nitrogens with one attached hydrogen (secondary N) is 1. The molecule has 1 aliphatic heterocycles. The summed E-state index contributed by atoms with van der Waals surface area (Å²) in [6.45, 7) is 5.83. The zero-order valence-electron chi connectivity index (χ0n) is 13.9. The average Bonchev–Trinajstić information content (AvgIpc) is 2.91. The number of carbonyl (C=O) groups excluding carboxylic acids is 1. The summed E-state index contributed by atoms with van der Waals surface area (Å²) >= 11 is 1.45. The first-order valence-corrected chi connectivity index (χ1v) is 9.18. The molecule has 1 aromatic heterocycles. The largest absolute Gasteiger partial charge is 0.345 e. The van der Waals surface area contributed by atoms with Gasteiger partial charge in [-0.3, -0.25) is 0 Å². The monoisotopic (exact) mass is 345 g/mol. The van der Waals surface area contributed by atoms with Gasteiger partial charge in [-0.05, 0) is 18.9 Å². The molecule has 1 aromatic carbocycles. The summed E-state index contributed by atoms with van der Waals surface area (Å²) in [4.78, 5) is 20.8. The lowest BCUT2D eigenvalue weighted by atomic mass is 10.1. The number of rotatable bonds is 4. The highest BCUT2D eigenvalue weighted by molar-refractivity contribution is 7.09. The van der Waals surface area contributed by atoms with Crippen molar-refractivity contribution in [2.45, 2.75) is 19.8 Å². The summed E-state index contributed by atoms with van der Waals surface area (Å²) in [7, 11) is 0. The quantitative estimate of drug-likeness (QED) is 0.924. The predicted molar refractivity (Wildman–Crippen MR) is 96.6 cm³/mol. The second-order valence-corrected chi connectivity index (χ2v) is 6.55. The summed E-state index contributed by atoms with van der Waals surface area (Å²) in [6, 6.07) is 10.3. The van der Waals surface area contributed by atoms with Crippen molar-refractivity contribution in [2.75, 3.05) is 37.6 Å². The third-order valence-electron chi connectivity index (χ3n) is 4.04. The van der Waals surface area contributed by atoms with E-state index in [1.54, 1.807) is 0 Å². The van der Waals surface area contributed by atoms with Crippen LogP contribution in [-0.4, -0.2) is 53.0 Å². The Kier molecular flexibility index (Phi) is 5.63. The van der Waals surface area contributed by atoms with Crippen LogP contribution < -0.4 is 10.2 Å². The van der Waals surface area contributed by atoms with Crippen molar-refractivity contribution in [3.8, 4) is 0 Å². The van der Waals surface area contributed by atoms with E-state index in [1.807, 2.05) is 30.0 Å². The molecule has 0 spiro atoms. The Morgan fingerprint density at radius 2 is 2.04 bits per heavy atom. The number of aromatic nitrogens is 2. The van der Waals surface area contributed by atoms with Gasteiger partial charge in [-0.15, -0.1) is 0 Å². The first-order chi connectivity index (χ1) is 11.8. The molecule has 3 rings (SSSR count). The van der Waals surface area contributed by atoms with Crippen LogP contribution in [0.1, 0.15) is 24.7 Å². The predicted octanol–water partition coefficient (Wildman–Crippen LogP) is 2.37. The van der Waals surface area contributed by atoms with Crippen molar-refractivity contribution in [3.63, 3.8) is 0 Å². The second-order valence-electron chi connectivity index (χ2n) is 5.82. The van der Waals surface area contributed by atoms with Crippen LogP contribution in [0.25, 0.3) is 0 Å². The van der Waals surface area contributed by atoms with E-state index in [2.05, 4.69) is 26.7 Å². The lowest BCUT2D eigenvalue weighted by Crippen LogP contribution is -2.41. The van der Waals surface area contributed by atoms with Crippen molar-refractivity contribution in [3.05, 3.63) is 41.7 Å². The molecule has 1 fully saturated rings. The lowest BCUT2D eigenvalue weighted by Gasteiger charge is -2.21. The van der Waals surface area contributed by atoms with E-state index in [0.717, 1.165) is 50.0 Å². The molecule has 1 aliphatic rings. The van der Waals surface area contributed by atoms with E-state index in [4.69, 9.17) is 4.98 Å². The molecule has 0 saturated carbocycles. The van der Waals surface area contributed by atoms with Gasteiger partial charge < -0.3 is 15.1 Å². The van der Waals surface area contributed by atoms with Crippen LogP contribution in [0.15, 0.2) is 30.3 Å². The molecule has 1 saturated heterocycles. The third-order valence-corrected chi connectivity index (χ3v) is 4.86. The first-order valence-electron chi connectivity index (χ1n) is 8.40. The molecule has 1 N–H and O–H groups in total. The van der Waals surface area contributed by atoms with Crippen LogP contribution in [0.5, 0.6) is 0 Å². The second kappa shape index (κ2) is 8.10. The third kappa shape index (κ3) is 4.23. The summed E-state index contributed by atoms with van der Waals surface area (Å²) in [5.74, 6) is 0.867. The number of nitrogens with zero attached hydrogens (tertiary/aromatic N) is 4. The maximum Gasteiger partial charge on any atom is 0.317 e. The molecule has 24 heavy (non-hydrogen) atoms. The fourth-order valence-corrected chi connectivity index (χ4v) is 3.53. The average molecular weight is 345 g/mol. The molecule has 0 unspecified atom stereocenters. The van der Waals surface area contributed by atoms with Crippen LogP contribution >= 0.6 is 11.5 Å². The zero-order chi connectivity index (χ0) is 16.8. The molecule has 0 atom stereocenters. The molecule has 0 bridgehead atoms. The molecule has 2 heterocycles. The summed E-state index contributed by atoms with van der Waals surface area (Å²) in [5.41, 5.74) is 1.22. The Balaban J connectivity index is 1.60. The molecule has 128 valence electrons. The van der Waals surface area contributed by atoms with Crippen molar-refractivity contribution < 1.29 is 4.79 Å². The minimum absolute atomic E-state index is 0.0291. The maximum atomic E-state index is 12.0. The molecule has 6 nitrogen and oxygen atoms in total. The van der Waals surface area contributed by atoms with E-state index < -0.39 is 0 Å². The van der Waals surface area contributed by atoms with Gasteiger partial charge in [-0.2, -0.15) is 4.37 Å². The smallest absolute Gasteiger partial charge is 0.317 e. The zero-order valence-corrected chi connectivity index (χ0v) is 14.8. The van der Waals surface area contributed by atoms with Gasteiger partial charge in [0.1, 0.15) is 5.82 Å². The number of anilines is 1. The summed E-state index contributed by atoms with van der Waals surface area (Å²) in [6.07, 6.45) is 1.71. The van der Waals surface area contributed by atoms with Gasteiger partial charge in [-0.1, -0.05) is 30.3 Å². The Labute approximate surface area is 146 Å². The highest BCUT2D eigenvalue weighted by atomic mass is 32.1. The highest BCUT2D eigenvalue weighted by Crippen LogP contribution is 2.20. The molecular formula is C17H23N5OS. The number of hydrogen-bond acceptors (Lipinski definition) is 5. The Hall–Kier alpha value is -2.15. The number of hydrogen-bond donors (Lipinski definition) is 1. The lowest BCUT2D eigenvalue weighted by molar-refractivity contribution is 0.202. The van der Waals surface area contributed by atoms with Gasteiger partial charge >= 0.3 is 6.03 Å². The van der Waals surface area contributed by atoms with Gasteiger partial charge in [-0.25, -0.2) is 9.78 Å². The van der Waals surface area contributed by atoms with Gasteiger partial charge in [0.15, 0.2) is 0 Å². The van der Waals surface area contributed by atoms with Gasteiger partial charge in [0.25, 0.3) is 0 Å². The number of benzene rings is 1. The topological polar surface area (TPSA) is 61.4 Å². The fraction of sp³-hybridized carbons (Fsp3) is 0.471. The van der Waals surface area contributed by atoms with Crippen LogP contribution in [0.3, 0.4) is 0 Å². The van der Waals surface area contributed by atoms with Crippen LogP contribution in [0.2, 0.25) is 0 Å². The molecule has 0 aliphatic carbocycles. The van der Waals surface area contributed by atoms with E-state index in [1.165, 1.54) is 17.1 Å². The van der Waals surface area contributed by atoms with Gasteiger partial charge in [0, 0.05) is 50.7 Å². The van der Waals surface area contributed by atoms with Gasteiger partial charge in [0.2, 0.25) is 5.13 Å². The van der Waals surface area contributed by atoms with E-state index in [0.29, 0.717) is 6.54 Å². The Bertz CT molecular complexity index is 660. The van der Waals surface area contributed by atoms with Crippen LogP contribution in [0.4, 0.5) is 9.93 Å².